The van der Waals surface area contributed by atoms with Crippen molar-refractivity contribution in [1.82, 2.24) is 5.32 Å². The highest BCUT2D eigenvalue weighted by atomic mass is 32.2. The Morgan fingerprint density at radius 1 is 1.13 bits per heavy atom. The second-order valence-electron chi connectivity index (χ2n) is 4.87. The van der Waals surface area contributed by atoms with Gasteiger partial charge in [0.15, 0.2) is 0 Å². The first-order valence-electron chi connectivity index (χ1n) is 7.09. The van der Waals surface area contributed by atoms with E-state index in [4.69, 9.17) is 0 Å². The zero-order valence-electron chi connectivity index (χ0n) is 12.5. The van der Waals surface area contributed by atoms with Gasteiger partial charge in [-0.15, -0.1) is 0 Å². The summed E-state index contributed by atoms with van der Waals surface area (Å²) in [7, 11) is -3.98. The highest BCUT2D eigenvalue weighted by Crippen LogP contribution is 2.19. The van der Waals surface area contributed by atoms with Crippen LogP contribution in [0.2, 0.25) is 0 Å². The number of para-hydroxylation sites is 1. The quantitative estimate of drug-likeness (QED) is 0.852. The molecule has 0 fully saturated rings. The maximum atomic E-state index is 13.6. The van der Waals surface area contributed by atoms with Crippen LogP contribution in [0.5, 0.6) is 0 Å². The van der Waals surface area contributed by atoms with Crippen molar-refractivity contribution >= 4 is 21.6 Å². The van der Waals surface area contributed by atoms with Crippen molar-refractivity contribution in [2.45, 2.75) is 18.2 Å². The summed E-state index contributed by atoms with van der Waals surface area (Å²) in [4.78, 5) is 11.8. The molecule has 0 aliphatic carbocycles. The van der Waals surface area contributed by atoms with E-state index in [1.54, 1.807) is 0 Å². The van der Waals surface area contributed by atoms with E-state index in [-0.39, 0.29) is 22.1 Å². The smallest absolute Gasteiger partial charge is 0.262 e. The van der Waals surface area contributed by atoms with Crippen LogP contribution in [0.4, 0.5) is 10.1 Å². The van der Waals surface area contributed by atoms with Crippen molar-refractivity contribution in [3.8, 4) is 0 Å². The summed E-state index contributed by atoms with van der Waals surface area (Å²) in [5.41, 5.74) is 0.0863. The maximum Gasteiger partial charge on any atom is 0.262 e. The van der Waals surface area contributed by atoms with E-state index < -0.39 is 15.8 Å². The molecule has 122 valence electrons. The van der Waals surface area contributed by atoms with Crippen LogP contribution in [0.25, 0.3) is 0 Å². The Morgan fingerprint density at radius 2 is 1.87 bits per heavy atom. The molecule has 0 saturated carbocycles. The Labute approximate surface area is 134 Å². The summed E-state index contributed by atoms with van der Waals surface area (Å²) < 4.78 is 40.4. The summed E-state index contributed by atoms with van der Waals surface area (Å²) in [5, 5.41) is 2.67. The van der Waals surface area contributed by atoms with Gasteiger partial charge < -0.3 is 5.32 Å². The van der Waals surface area contributed by atoms with E-state index in [2.05, 4.69) is 10.0 Å². The minimum Gasteiger partial charge on any atom is -0.352 e. The van der Waals surface area contributed by atoms with Gasteiger partial charge in [0.1, 0.15) is 5.82 Å². The topological polar surface area (TPSA) is 75.3 Å². The van der Waals surface area contributed by atoms with Gasteiger partial charge in [-0.2, -0.15) is 0 Å². The molecule has 0 radical (unpaired) electrons. The van der Waals surface area contributed by atoms with Gasteiger partial charge in [0.05, 0.1) is 10.6 Å². The van der Waals surface area contributed by atoms with Crippen molar-refractivity contribution in [3.63, 3.8) is 0 Å². The number of carbonyl (C=O) groups excluding carboxylic acids is 1. The number of hydrogen-bond donors (Lipinski definition) is 2. The van der Waals surface area contributed by atoms with Gasteiger partial charge in [-0.05, 0) is 36.8 Å². The third-order valence-corrected chi connectivity index (χ3v) is 4.42. The molecule has 0 saturated heterocycles. The lowest BCUT2D eigenvalue weighted by molar-refractivity contribution is 0.0953. The summed E-state index contributed by atoms with van der Waals surface area (Å²) >= 11 is 0. The number of halogens is 1. The predicted molar refractivity (Wildman–Crippen MR) is 86.3 cm³/mol. The lowest BCUT2D eigenvalue weighted by Gasteiger charge is -2.10. The molecular weight excluding hydrogens is 319 g/mol. The van der Waals surface area contributed by atoms with Crippen LogP contribution in [0.3, 0.4) is 0 Å². The molecule has 2 rings (SSSR count). The molecule has 0 unspecified atom stereocenters. The van der Waals surface area contributed by atoms with Crippen LogP contribution >= 0.6 is 0 Å². The average Bonchev–Trinajstić information content (AvgIpc) is 2.54. The minimum absolute atomic E-state index is 0.107. The molecule has 23 heavy (non-hydrogen) atoms. The van der Waals surface area contributed by atoms with E-state index in [1.807, 2.05) is 6.92 Å². The molecule has 1 amide bonds. The molecule has 0 aliphatic heterocycles. The van der Waals surface area contributed by atoms with Crippen molar-refractivity contribution in [1.29, 1.82) is 0 Å². The van der Waals surface area contributed by atoms with Crippen LogP contribution in [0, 0.1) is 5.82 Å². The largest absolute Gasteiger partial charge is 0.352 e. The van der Waals surface area contributed by atoms with Crippen molar-refractivity contribution < 1.29 is 17.6 Å². The van der Waals surface area contributed by atoms with Crippen molar-refractivity contribution in [2.75, 3.05) is 11.3 Å². The Hall–Kier alpha value is -2.41. The number of carbonyl (C=O) groups is 1. The highest BCUT2D eigenvalue weighted by molar-refractivity contribution is 7.92. The number of rotatable bonds is 6. The van der Waals surface area contributed by atoms with Crippen LogP contribution in [-0.4, -0.2) is 20.9 Å². The first-order valence-corrected chi connectivity index (χ1v) is 8.58. The fraction of sp³-hybridized carbons (Fsp3) is 0.188. The van der Waals surface area contributed by atoms with Gasteiger partial charge in [-0.25, -0.2) is 12.8 Å². The normalized spacial score (nSPS) is 11.0. The minimum atomic E-state index is -3.98. The monoisotopic (exact) mass is 336 g/mol. The Morgan fingerprint density at radius 3 is 2.57 bits per heavy atom. The van der Waals surface area contributed by atoms with E-state index in [1.165, 1.54) is 42.5 Å². The van der Waals surface area contributed by atoms with Crippen molar-refractivity contribution in [3.05, 3.63) is 59.9 Å². The second kappa shape index (κ2) is 7.23. The molecule has 0 aliphatic rings. The second-order valence-corrected chi connectivity index (χ2v) is 6.55. The van der Waals surface area contributed by atoms with Gasteiger partial charge in [0.2, 0.25) is 0 Å². The molecule has 0 atom stereocenters. The number of hydrogen-bond acceptors (Lipinski definition) is 3. The zero-order chi connectivity index (χ0) is 16.9. The number of amides is 1. The van der Waals surface area contributed by atoms with Crippen LogP contribution < -0.4 is 10.0 Å². The number of nitrogens with one attached hydrogen (secondary N) is 2. The first-order chi connectivity index (χ1) is 10.9. The number of anilines is 1. The molecule has 2 aromatic carbocycles. The molecule has 7 heteroatoms. The summed E-state index contributed by atoms with van der Waals surface area (Å²) in [6.07, 6.45) is 0.776. The molecular formula is C16H17FN2O3S. The molecule has 2 aromatic rings. The van der Waals surface area contributed by atoms with E-state index in [9.17, 15) is 17.6 Å². The molecule has 2 N–H and O–H groups in total. The first kappa shape index (κ1) is 17.0. The van der Waals surface area contributed by atoms with Crippen LogP contribution in [-0.2, 0) is 10.0 Å². The standard InChI is InChI=1S/C16H17FN2O3S/c1-2-10-18-16(20)12-6-5-7-13(11-12)23(21,22)19-15-9-4-3-8-14(15)17/h3-9,11,19H,2,10H2,1H3,(H,18,20). The molecule has 0 spiro atoms. The van der Waals surface area contributed by atoms with E-state index in [0.717, 1.165) is 12.5 Å². The molecule has 0 heterocycles. The van der Waals surface area contributed by atoms with Gasteiger partial charge in [0.25, 0.3) is 15.9 Å². The van der Waals surface area contributed by atoms with Crippen molar-refractivity contribution in [2.24, 2.45) is 0 Å². The summed E-state index contributed by atoms with van der Waals surface area (Å²) in [6.45, 7) is 2.42. The average molecular weight is 336 g/mol. The highest BCUT2D eigenvalue weighted by Gasteiger charge is 2.17. The Kier molecular flexibility index (Phi) is 5.33. The predicted octanol–water partition coefficient (Wildman–Crippen LogP) is 2.77. The lowest BCUT2D eigenvalue weighted by Crippen LogP contribution is -2.24. The van der Waals surface area contributed by atoms with Gasteiger partial charge in [-0.3, -0.25) is 9.52 Å². The fourth-order valence-corrected chi connectivity index (χ4v) is 3.01. The van der Waals surface area contributed by atoms with Gasteiger partial charge >= 0.3 is 0 Å². The fourth-order valence-electron chi connectivity index (χ4n) is 1.89. The van der Waals surface area contributed by atoms with Crippen LogP contribution in [0.1, 0.15) is 23.7 Å². The molecule has 5 nitrogen and oxygen atoms in total. The maximum absolute atomic E-state index is 13.6. The van der Waals surface area contributed by atoms with Gasteiger partial charge in [-0.1, -0.05) is 25.1 Å². The van der Waals surface area contributed by atoms with E-state index >= 15 is 0 Å². The number of sulfonamides is 1. The molecule has 0 bridgehead atoms. The summed E-state index contributed by atoms with van der Waals surface area (Å²) in [5.74, 6) is -1.03. The Balaban J connectivity index is 2.27. The molecule has 0 aromatic heterocycles. The Bertz CT molecular complexity index is 806. The summed E-state index contributed by atoms with van der Waals surface area (Å²) in [6, 6.07) is 11.1. The number of benzene rings is 2. The zero-order valence-corrected chi connectivity index (χ0v) is 13.4. The third kappa shape index (κ3) is 4.29. The van der Waals surface area contributed by atoms with Crippen LogP contribution in [0.15, 0.2) is 53.4 Å². The SMILES string of the molecule is CCCNC(=O)c1cccc(S(=O)(=O)Nc2ccccc2F)c1. The van der Waals surface area contributed by atoms with Gasteiger partial charge in [0, 0.05) is 12.1 Å². The third-order valence-electron chi connectivity index (χ3n) is 3.06. The van der Waals surface area contributed by atoms with E-state index in [0.29, 0.717) is 6.54 Å². The lowest BCUT2D eigenvalue weighted by atomic mass is 10.2.